The van der Waals surface area contributed by atoms with Crippen molar-refractivity contribution in [2.45, 2.75) is 39.8 Å². The first-order chi connectivity index (χ1) is 22.5. The minimum atomic E-state index is 0.314. The molecule has 0 aliphatic carbocycles. The molecule has 0 spiro atoms. The van der Waals surface area contributed by atoms with Gasteiger partial charge in [0.2, 0.25) is 0 Å². The summed E-state index contributed by atoms with van der Waals surface area (Å²) < 4.78 is 4.66. The summed E-state index contributed by atoms with van der Waals surface area (Å²) in [5, 5.41) is 2.47. The second kappa shape index (κ2) is 11.1. The number of aromatic nitrogens is 4. The van der Waals surface area contributed by atoms with Gasteiger partial charge < -0.3 is 9.13 Å². The molecule has 0 amide bonds. The van der Waals surface area contributed by atoms with Crippen LogP contribution in [0.2, 0.25) is 0 Å². The van der Waals surface area contributed by atoms with E-state index in [1.54, 1.807) is 0 Å². The molecule has 0 fully saturated rings. The second-order valence-electron chi connectivity index (χ2n) is 12.7. The van der Waals surface area contributed by atoms with Gasteiger partial charge >= 0.3 is 0 Å². The molecule has 0 bridgehead atoms. The fraction of sp³-hybridized carbons (Fsp3) is 0.143. The molecule has 6 aromatic carbocycles. The summed E-state index contributed by atoms with van der Waals surface area (Å²) in [6.45, 7) is 8.87. The van der Waals surface area contributed by atoms with E-state index in [2.05, 4.69) is 170 Å². The average molecular weight is 597 g/mol. The lowest BCUT2D eigenvalue weighted by Gasteiger charge is -2.14. The summed E-state index contributed by atoms with van der Waals surface area (Å²) in [4.78, 5) is 9.99. The van der Waals surface area contributed by atoms with Crippen molar-refractivity contribution < 1.29 is 0 Å². The number of rotatable bonds is 6. The highest BCUT2D eigenvalue weighted by Crippen LogP contribution is 2.35. The van der Waals surface area contributed by atoms with Crippen LogP contribution in [0.15, 0.2) is 133 Å². The average Bonchev–Trinajstić information content (AvgIpc) is 3.68. The molecular weight excluding hydrogens is 560 g/mol. The van der Waals surface area contributed by atoms with Gasteiger partial charge in [0, 0.05) is 23.2 Å². The number of imidazole rings is 2. The molecule has 0 radical (unpaired) electrons. The van der Waals surface area contributed by atoms with Crippen molar-refractivity contribution in [3.63, 3.8) is 0 Å². The molecule has 4 nitrogen and oxygen atoms in total. The molecule has 0 unspecified atom stereocenters. The zero-order chi connectivity index (χ0) is 31.4. The maximum absolute atomic E-state index is 5.00. The van der Waals surface area contributed by atoms with Crippen molar-refractivity contribution in [2.75, 3.05) is 0 Å². The first-order valence-electron chi connectivity index (χ1n) is 16.1. The summed E-state index contributed by atoms with van der Waals surface area (Å²) in [5.41, 5.74) is 11.5. The van der Waals surface area contributed by atoms with Crippen LogP contribution >= 0.6 is 0 Å². The number of benzene rings is 6. The molecule has 2 heterocycles. The van der Waals surface area contributed by atoms with Crippen LogP contribution in [0.5, 0.6) is 0 Å². The molecule has 224 valence electrons. The van der Waals surface area contributed by atoms with Gasteiger partial charge in [-0.2, -0.15) is 0 Å². The van der Waals surface area contributed by atoms with Crippen LogP contribution in [0, 0.1) is 0 Å². The third-order valence-electron chi connectivity index (χ3n) is 9.04. The van der Waals surface area contributed by atoms with Crippen LogP contribution in [-0.2, 0) is 0 Å². The molecule has 2 aromatic heterocycles. The van der Waals surface area contributed by atoms with Crippen LogP contribution in [0.1, 0.15) is 39.8 Å². The van der Waals surface area contributed by atoms with Gasteiger partial charge in [0.25, 0.3) is 0 Å². The van der Waals surface area contributed by atoms with E-state index in [4.69, 9.17) is 9.97 Å². The SMILES string of the molecule is CC(C)n1c(-c2ccc(-c3ccc4c(-c5ccc(-c6nc7ccccc7n6C(C)C)cc5)cccc4c3)cc2)nc2ccccc21. The lowest BCUT2D eigenvalue weighted by atomic mass is 9.94. The molecule has 0 N–H and O–H groups in total. The van der Waals surface area contributed by atoms with Crippen molar-refractivity contribution in [3.8, 4) is 45.0 Å². The number of fused-ring (bicyclic) bond motifs is 3. The minimum absolute atomic E-state index is 0.314. The Labute approximate surface area is 269 Å². The van der Waals surface area contributed by atoms with E-state index < -0.39 is 0 Å². The first kappa shape index (κ1) is 28.0. The summed E-state index contributed by atoms with van der Waals surface area (Å²) in [7, 11) is 0. The van der Waals surface area contributed by atoms with Gasteiger partial charge in [-0.05, 0) is 91.1 Å². The predicted octanol–water partition coefficient (Wildman–Crippen LogP) is 11.4. The number of hydrogen-bond acceptors (Lipinski definition) is 2. The van der Waals surface area contributed by atoms with Gasteiger partial charge in [-0.15, -0.1) is 0 Å². The molecular formula is C42H36N4. The Bertz CT molecular complexity index is 2350. The summed E-state index contributed by atoms with van der Waals surface area (Å²) in [6.07, 6.45) is 0. The molecule has 0 saturated heterocycles. The Hall–Kier alpha value is -5.48. The summed E-state index contributed by atoms with van der Waals surface area (Å²) >= 11 is 0. The zero-order valence-electron chi connectivity index (χ0n) is 26.6. The van der Waals surface area contributed by atoms with E-state index in [-0.39, 0.29) is 0 Å². The third kappa shape index (κ3) is 4.69. The summed E-state index contributed by atoms with van der Waals surface area (Å²) in [5.74, 6) is 2.02. The Morgan fingerprint density at radius 1 is 0.435 bits per heavy atom. The van der Waals surface area contributed by atoms with Crippen molar-refractivity contribution in [2.24, 2.45) is 0 Å². The van der Waals surface area contributed by atoms with E-state index in [1.165, 1.54) is 44.1 Å². The maximum atomic E-state index is 5.00. The Kier molecular flexibility index (Phi) is 6.79. The number of hydrogen-bond donors (Lipinski definition) is 0. The highest BCUT2D eigenvalue weighted by molar-refractivity contribution is 5.99. The standard InChI is InChI=1S/C42H36N4/c1-27(2)45-39-14-7-5-12-37(39)43-41(45)31-20-16-29(17-21-31)33-24-25-36-34(26-33)10-9-11-35(36)30-18-22-32(23-19-30)42-44-38-13-6-8-15-40(38)46(42)28(3)4/h5-28H,1-4H3. The monoisotopic (exact) mass is 596 g/mol. The van der Waals surface area contributed by atoms with Crippen LogP contribution in [-0.4, -0.2) is 19.1 Å². The zero-order valence-corrected chi connectivity index (χ0v) is 26.6. The lowest BCUT2D eigenvalue weighted by Crippen LogP contribution is -2.03. The first-order valence-corrected chi connectivity index (χ1v) is 16.1. The van der Waals surface area contributed by atoms with Crippen LogP contribution < -0.4 is 0 Å². The van der Waals surface area contributed by atoms with E-state index >= 15 is 0 Å². The smallest absolute Gasteiger partial charge is 0.141 e. The number of nitrogens with zero attached hydrogens (tertiary/aromatic N) is 4. The Balaban J connectivity index is 1.11. The van der Waals surface area contributed by atoms with Gasteiger partial charge in [-0.1, -0.05) is 103 Å². The Morgan fingerprint density at radius 3 is 1.46 bits per heavy atom. The highest BCUT2D eigenvalue weighted by atomic mass is 15.1. The predicted molar refractivity (Wildman–Crippen MR) is 193 cm³/mol. The molecule has 0 atom stereocenters. The Morgan fingerprint density at radius 2 is 0.913 bits per heavy atom. The van der Waals surface area contributed by atoms with Gasteiger partial charge in [-0.25, -0.2) is 9.97 Å². The molecule has 0 aliphatic rings. The molecule has 0 aliphatic heterocycles. The molecule has 46 heavy (non-hydrogen) atoms. The van der Waals surface area contributed by atoms with Crippen LogP contribution in [0.3, 0.4) is 0 Å². The van der Waals surface area contributed by atoms with Crippen LogP contribution in [0.4, 0.5) is 0 Å². The molecule has 0 saturated carbocycles. The van der Waals surface area contributed by atoms with Gasteiger partial charge in [0.05, 0.1) is 22.1 Å². The van der Waals surface area contributed by atoms with Gasteiger partial charge in [0.15, 0.2) is 0 Å². The van der Waals surface area contributed by atoms with Crippen molar-refractivity contribution >= 4 is 32.8 Å². The normalized spacial score (nSPS) is 11.9. The second-order valence-corrected chi connectivity index (χ2v) is 12.7. The van der Waals surface area contributed by atoms with E-state index in [0.29, 0.717) is 12.1 Å². The van der Waals surface area contributed by atoms with E-state index in [0.717, 1.165) is 33.8 Å². The number of para-hydroxylation sites is 4. The van der Waals surface area contributed by atoms with Crippen LogP contribution in [0.25, 0.3) is 77.9 Å². The third-order valence-corrected chi connectivity index (χ3v) is 9.04. The molecule has 8 rings (SSSR count). The maximum Gasteiger partial charge on any atom is 0.141 e. The quantitative estimate of drug-likeness (QED) is 0.191. The van der Waals surface area contributed by atoms with Gasteiger partial charge in [0.1, 0.15) is 11.6 Å². The summed E-state index contributed by atoms with van der Waals surface area (Å²) in [6, 6.07) is 48.5. The fourth-order valence-electron chi connectivity index (χ4n) is 6.87. The highest BCUT2D eigenvalue weighted by Gasteiger charge is 2.16. The van der Waals surface area contributed by atoms with Gasteiger partial charge in [-0.3, -0.25) is 0 Å². The largest absolute Gasteiger partial charge is 0.321 e. The van der Waals surface area contributed by atoms with Crippen molar-refractivity contribution in [3.05, 3.63) is 133 Å². The fourth-order valence-corrected chi connectivity index (χ4v) is 6.87. The molecule has 4 heteroatoms. The van der Waals surface area contributed by atoms with E-state index in [9.17, 15) is 0 Å². The van der Waals surface area contributed by atoms with E-state index in [1.807, 2.05) is 0 Å². The minimum Gasteiger partial charge on any atom is -0.321 e. The lowest BCUT2D eigenvalue weighted by molar-refractivity contribution is 0.624. The van der Waals surface area contributed by atoms with Crippen molar-refractivity contribution in [1.82, 2.24) is 19.1 Å². The topological polar surface area (TPSA) is 35.6 Å². The van der Waals surface area contributed by atoms with Crippen molar-refractivity contribution in [1.29, 1.82) is 0 Å². The molecule has 8 aromatic rings.